The Morgan fingerprint density at radius 2 is 1.89 bits per heavy atom. The zero-order valence-electron chi connectivity index (χ0n) is 11.2. The van der Waals surface area contributed by atoms with Gasteiger partial charge in [0.1, 0.15) is 0 Å². The maximum absolute atomic E-state index is 12.4. The molecule has 1 unspecified atom stereocenters. The molecule has 1 N–H and O–H groups in total. The van der Waals surface area contributed by atoms with Crippen LogP contribution in [0.1, 0.15) is 36.0 Å². The fraction of sp³-hybridized carbons (Fsp3) is 0.562. The van der Waals surface area contributed by atoms with Gasteiger partial charge in [0.15, 0.2) is 0 Å². The Labute approximate surface area is 114 Å². The minimum atomic E-state index is -0.113. The summed E-state index contributed by atoms with van der Waals surface area (Å²) >= 11 is 0. The fourth-order valence-corrected chi connectivity index (χ4v) is 3.54. The first kappa shape index (κ1) is 12.7. The van der Waals surface area contributed by atoms with Crippen LogP contribution in [0, 0.1) is 11.8 Å². The number of likely N-dealkylation sites (tertiary alicyclic amines) is 1. The highest BCUT2D eigenvalue weighted by molar-refractivity contribution is 5.94. The molecule has 19 heavy (non-hydrogen) atoms. The number of aliphatic hydroxyl groups excluding tert-OH is 1. The molecule has 1 amide bonds. The molecule has 1 heterocycles. The number of nitrogens with zero attached hydrogens (tertiary/aromatic N) is 1. The van der Waals surface area contributed by atoms with Crippen molar-refractivity contribution in [3.63, 3.8) is 0 Å². The van der Waals surface area contributed by atoms with Gasteiger partial charge in [-0.2, -0.15) is 0 Å². The smallest absolute Gasteiger partial charge is 0.253 e. The molecule has 1 aromatic rings. The van der Waals surface area contributed by atoms with Crippen LogP contribution in [0.3, 0.4) is 0 Å². The quantitative estimate of drug-likeness (QED) is 0.840. The van der Waals surface area contributed by atoms with Crippen LogP contribution in [0.4, 0.5) is 0 Å². The number of benzene rings is 1. The van der Waals surface area contributed by atoms with E-state index in [1.165, 1.54) is 0 Å². The summed E-state index contributed by atoms with van der Waals surface area (Å²) in [5, 5.41) is 9.72. The second kappa shape index (κ2) is 5.33. The maximum Gasteiger partial charge on any atom is 0.253 e. The number of hydrogen-bond acceptors (Lipinski definition) is 2. The summed E-state index contributed by atoms with van der Waals surface area (Å²) in [5.41, 5.74) is 0.789. The van der Waals surface area contributed by atoms with E-state index in [2.05, 4.69) is 0 Å². The Balaban J connectivity index is 1.67. The SMILES string of the molecule is O=C(c1ccccc1)N1CC[C@H]2CC(O)CC[C@H]2C1. The van der Waals surface area contributed by atoms with E-state index in [-0.39, 0.29) is 12.0 Å². The zero-order chi connectivity index (χ0) is 13.2. The molecule has 2 fully saturated rings. The first-order chi connectivity index (χ1) is 9.24. The van der Waals surface area contributed by atoms with Crippen molar-refractivity contribution in [3.05, 3.63) is 35.9 Å². The molecule has 0 spiro atoms. The Morgan fingerprint density at radius 3 is 2.68 bits per heavy atom. The van der Waals surface area contributed by atoms with Crippen LogP contribution in [0.25, 0.3) is 0 Å². The van der Waals surface area contributed by atoms with Crippen molar-refractivity contribution in [3.8, 4) is 0 Å². The predicted molar refractivity (Wildman–Crippen MR) is 73.8 cm³/mol. The first-order valence-electron chi connectivity index (χ1n) is 7.26. The lowest BCUT2D eigenvalue weighted by molar-refractivity contribution is 0.0196. The molecule has 3 nitrogen and oxygen atoms in total. The molecule has 1 aliphatic heterocycles. The van der Waals surface area contributed by atoms with Crippen LogP contribution >= 0.6 is 0 Å². The Morgan fingerprint density at radius 1 is 1.11 bits per heavy atom. The third-order valence-electron chi connectivity index (χ3n) is 4.64. The van der Waals surface area contributed by atoms with Gasteiger partial charge in [-0.05, 0) is 49.7 Å². The lowest BCUT2D eigenvalue weighted by Gasteiger charge is -2.42. The third-order valence-corrected chi connectivity index (χ3v) is 4.64. The van der Waals surface area contributed by atoms with Crippen LogP contribution in [0.5, 0.6) is 0 Å². The lowest BCUT2D eigenvalue weighted by atomic mass is 9.74. The molecular weight excluding hydrogens is 238 g/mol. The number of amides is 1. The molecule has 3 heteroatoms. The van der Waals surface area contributed by atoms with Crippen molar-refractivity contribution in [2.24, 2.45) is 11.8 Å². The summed E-state index contributed by atoms with van der Waals surface area (Å²) < 4.78 is 0. The highest BCUT2D eigenvalue weighted by Gasteiger charge is 2.35. The maximum atomic E-state index is 12.4. The first-order valence-corrected chi connectivity index (χ1v) is 7.26. The molecule has 0 aromatic heterocycles. The number of fused-ring (bicyclic) bond motifs is 1. The monoisotopic (exact) mass is 259 g/mol. The van der Waals surface area contributed by atoms with E-state index in [0.29, 0.717) is 11.8 Å². The number of carbonyl (C=O) groups is 1. The van der Waals surface area contributed by atoms with E-state index in [9.17, 15) is 9.90 Å². The van der Waals surface area contributed by atoms with Gasteiger partial charge in [0.05, 0.1) is 6.10 Å². The van der Waals surface area contributed by atoms with Crippen LogP contribution in [0.15, 0.2) is 30.3 Å². The second-order valence-corrected chi connectivity index (χ2v) is 5.89. The largest absolute Gasteiger partial charge is 0.393 e. The lowest BCUT2D eigenvalue weighted by Crippen LogP contribution is -2.46. The molecule has 0 bridgehead atoms. The van der Waals surface area contributed by atoms with Crippen molar-refractivity contribution in [1.29, 1.82) is 0 Å². The van der Waals surface area contributed by atoms with E-state index in [4.69, 9.17) is 0 Å². The van der Waals surface area contributed by atoms with E-state index in [1.807, 2.05) is 35.2 Å². The number of rotatable bonds is 1. The average molecular weight is 259 g/mol. The van der Waals surface area contributed by atoms with Crippen LogP contribution in [-0.4, -0.2) is 35.1 Å². The average Bonchev–Trinajstić information content (AvgIpc) is 2.47. The van der Waals surface area contributed by atoms with Gasteiger partial charge in [-0.25, -0.2) is 0 Å². The van der Waals surface area contributed by atoms with Gasteiger partial charge >= 0.3 is 0 Å². The highest BCUT2D eigenvalue weighted by Crippen LogP contribution is 2.36. The molecule has 3 atom stereocenters. The van der Waals surface area contributed by atoms with Gasteiger partial charge in [-0.15, -0.1) is 0 Å². The van der Waals surface area contributed by atoms with Crippen molar-refractivity contribution in [1.82, 2.24) is 4.90 Å². The van der Waals surface area contributed by atoms with Gasteiger partial charge in [0.25, 0.3) is 5.91 Å². The Hall–Kier alpha value is -1.35. The number of aliphatic hydroxyl groups is 1. The third kappa shape index (κ3) is 2.66. The van der Waals surface area contributed by atoms with E-state index < -0.39 is 0 Å². The Kier molecular flexibility index (Phi) is 3.56. The van der Waals surface area contributed by atoms with E-state index >= 15 is 0 Å². The standard InChI is InChI=1S/C16H21NO2/c18-15-7-6-14-11-17(9-8-13(14)10-15)16(19)12-4-2-1-3-5-12/h1-5,13-15,18H,6-11H2/t13-,14-,15?/m0/s1. The molecule has 3 rings (SSSR count). The number of carbonyl (C=O) groups excluding carboxylic acids is 1. The summed E-state index contributed by atoms with van der Waals surface area (Å²) in [4.78, 5) is 14.4. The predicted octanol–water partition coefficient (Wildman–Crippen LogP) is 2.31. The van der Waals surface area contributed by atoms with Crippen molar-refractivity contribution < 1.29 is 9.90 Å². The summed E-state index contributed by atoms with van der Waals surface area (Å²) in [6.45, 7) is 1.70. The molecule has 1 saturated carbocycles. The van der Waals surface area contributed by atoms with Crippen LogP contribution in [0.2, 0.25) is 0 Å². The van der Waals surface area contributed by atoms with E-state index in [1.54, 1.807) is 0 Å². The van der Waals surface area contributed by atoms with Gasteiger partial charge < -0.3 is 10.0 Å². The van der Waals surface area contributed by atoms with Crippen molar-refractivity contribution in [2.75, 3.05) is 13.1 Å². The molecule has 1 saturated heterocycles. The normalized spacial score (nSPS) is 30.8. The van der Waals surface area contributed by atoms with Crippen molar-refractivity contribution >= 4 is 5.91 Å². The van der Waals surface area contributed by atoms with Gasteiger partial charge in [-0.3, -0.25) is 4.79 Å². The van der Waals surface area contributed by atoms with Gasteiger partial charge in [-0.1, -0.05) is 18.2 Å². The molecule has 1 aliphatic carbocycles. The van der Waals surface area contributed by atoms with Gasteiger partial charge in [0, 0.05) is 18.7 Å². The minimum absolute atomic E-state index is 0.113. The molecule has 1 aromatic carbocycles. The molecular formula is C16H21NO2. The van der Waals surface area contributed by atoms with Crippen molar-refractivity contribution in [2.45, 2.75) is 31.8 Å². The summed E-state index contributed by atoms with van der Waals surface area (Å²) in [6, 6.07) is 9.54. The Bertz CT molecular complexity index is 445. The van der Waals surface area contributed by atoms with Crippen LogP contribution in [-0.2, 0) is 0 Å². The van der Waals surface area contributed by atoms with E-state index in [0.717, 1.165) is 44.3 Å². The molecule has 2 aliphatic rings. The molecule has 102 valence electrons. The van der Waals surface area contributed by atoms with Gasteiger partial charge in [0.2, 0.25) is 0 Å². The highest BCUT2D eigenvalue weighted by atomic mass is 16.3. The van der Waals surface area contributed by atoms with Crippen LogP contribution < -0.4 is 0 Å². The second-order valence-electron chi connectivity index (χ2n) is 5.89. The zero-order valence-corrected chi connectivity index (χ0v) is 11.2. The fourth-order valence-electron chi connectivity index (χ4n) is 3.54. The summed E-state index contributed by atoms with van der Waals surface area (Å²) in [6.07, 6.45) is 3.81. The topological polar surface area (TPSA) is 40.5 Å². The molecule has 0 radical (unpaired) electrons. The summed E-state index contributed by atoms with van der Waals surface area (Å²) in [7, 11) is 0. The minimum Gasteiger partial charge on any atom is -0.393 e. The number of piperidine rings is 1. The number of hydrogen-bond donors (Lipinski definition) is 1. The summed E-state index contributed by atoms with van der Waals surface area (Å²) in [5.74, 6) is 1.36.